The van der Waals surface area contributed by atoms with Gasteiger partial charge in [-0.3, -0.25) is 0 Å². The molecular formula is C18H18N6O2S. The van der Waals surface area contributed by atoms with Crippen LogP contribution in [0.4, 0.5) is 17.1 Å². The van der Waals surface area contributed by atoms with Crippen molar-refractivity contribution in [3.8, 4) is 12.1 Å². The lowest BCUT2D eigenvalue weighted by Crippen LogP contribution is -2.25. The molecule has 0 aliphatic rings. The Kier molecular flexibility index (Phi) is 7.00. The number of anilines is 1. The van der Waals surface area contributed by atoms with Gasteiger partial charge in [-0.15, -0.1) is 0 Å². The molecule has 0 unspecified atom stereocenters. The molecule has 0 amide bonds. The number of sulfonamides is 1. The number of hydrogen-bond donors (Lipinski definition) is 1. The van der Waals surface area contributed by atoms with Crippen LogP contribution in [0.5, 0.6) is 0 Å². The van der Waals surface area contributed by atoms with Gasteiger partial charge in [0, 0.05) is 18.8 Å². The Morgan fingerprint density at radius 2 is 1.30 bits per heavy atom. The smallest absolute Gasteiger partial charge is 0.238 e. The molecule has 0 saturated heterocycles. The predicted molar refractivity (Wildman–Crippen MR) is 101 cm³/mol. The van der Waals surface area contributed by atoms with E-state index in [1.54, 1.807) is 12.1 Å². The van der Waals surface area contributed by atoms with Crippen LogP contribution in [0.25, 0.3) is 0 Å². The van der Waals surface area contributed by atoms with Gasteiger partial charge in [-0.2, -0.15) is 20.8 Å². The van der Waals surface area contributed by atoms with Crippen LogP contribution in [0, 0.1) is 22.7 Å². The highest BCUT2D eigenvalue weighted by Gasteiger charge is 2.07. The van der Waals surface area contributed by atoms with Crippen molar-refractivity contribution in [3.63, 3.8) is 0 Å². The molecule has 0 bridgehead atoms. The monoisotopic (exact) mass is 382 g/mol. The maximum Gasteiger partial charge on any atom is 0.238 e. The van der Waals surface area contributed by atoms with Crippen LogP contribution in [0.3, 0.4) is 0 Å². The summed E-state index contributed by atoms with van der Waals surface area (Å²) in [5.41, 5.74) is 2.02. The summed E-state index contributed by atoms with van der Waals surface area (Å²) in [5.74, 6) is 0. The fourth-order valence-corrected chi connectivity index (χ4v) is 2.80. The van der Waals surface area contributed by atoms with E-state index in [2.05, 4.69) is 22.4 Å². The van der Waals surface area contributed by atoms with Crippen molar-refractivity contribution in [2.45, 2.75) is 17.7 Å². The number of rotatable bonds is 8. The Balaban J connectivity index is 2.08. The van der Waals surface area contributed by atoms with E-state index in [9.17, 15) is 8.42 Å². The lowest BCUT2D eigenvalue weighted by molar-refractivity contribution is 0.598. The summed E-state index contributed by atoms with van der Waals surface area (Å²) in [5, 5.41) is 30.8. The maximum atomic E-state index is 11.2. The normalized spacial score (nSPS) is 11.1. The summed E-state index contributed by atoms with van der Waals surface area (Å²) in [6.45, 7) is 1.10. The van der Waals surface area contributed by atoms with Crippen molar-refractivity contribution < 1.29 is 8.42 Å². The van der Waals surface area contributed by atoms with Gasteiger partial charge in [0.15, 0.2) is 0 Å². The summed E-state index contributed by atoms with van der Waals surface area (Å²) in [6, 6.07) is 17.3. The lowest BCUT2D eigenvalue weighted by atomic mass is 10.2. The van der Waals surface area contributed by atoms with E-state index in [1.807, 2.05) is 17.0 Å². The van der Waals surface area contributed by atoms with Crippen LogP contribution in [-0.4, -0.2) is 21.5 Å². The van der Waals surface area contributed by atoms with Crippen molar-refractivity contribution in [3.05, 3.63) is 48.5 Å². The molecule has 2 aromatic rings. The van der Waals surface area contributed by atoms with Gasteiger partial charge in [0.1, 0.15) is 0 Å². The molecule has 2 rings (SSSR count). The minimum absolute atomic E-state index is 0.0145. The number of nitrogens with zero attached hydrogens (tertiary/aromatic N) is 5. The molecule has 2 N–H and O–H groups in total. The van der Waals surface area contributed by atoms with Crippen molar-refractivity contribution in [1.29, 1.82) is 10.5 Å². The number of nitriles is 2. The molecule has 0 heterocycles. The number of azo groups is 1. The highest BCUT2D eigenvalue weighted by Crippen LogP contribution is 2.23. The van der Waals surface area contributed by atoms with Crippen LogP contribution >= 0.6 is 0 Å². The quantitative estimate of drug-likeness (QED) is 0.698. The van der Waals surface area contributed by atoms with E-state index < -0.39 is 10.0 Å². The van der Waals surface area contributed by atoms with Crippen LogP contribution in [0.15, 0.2) is 63.7 Å². The molecular weight excluding hydrogens is 364 g/mol. The van der Waals surface area contributed by atoms with Gasteiger partial charge >= 0.3 is 0 Å². The molecule has 0 spiro atoms. The minimum atomic E-state index is -3.73. The second kappa shape index (κ2) is 9.43. The van der Waals surface area contributed by atoms with Gasteiger partial charge in [-0.1, -0.05) is 0 Å². The molecule has 0 aliphatic heterocycles. The van der Waals surface area contributed by atoms with Crippen molar-refractivity contribution >= 4 is 27.1 Å². The average molecular weight is 382 g/mol. The second-order valence-electron chi connectivity index (χ2n) is 5.56. The van der Waals surface area contributed by atoms with Gasteiger partial charge in [-0.25, -0.2) is 13.6 Å². The Morgan fingerprint density at radius 1 is 0.852 bits per heavy atom. The van der Waals surface area contributed by atoms with Crippen LogP contribution < -0.4 is 10.0 Å². The van der Waals surface area contributed by atoms with E-state index in [1.165, 1.54) is 24.3 Å². The molecule has 8 nitrogen and oxygen atoms in total. The van der Waals surface area contributed by atoms with E-state index in [4.69, 9.17) is 15.7 Å². The second-order valence-corrected chi connectivity index (χ2v) is 7.12. The van der Waals surface area contributed by atoms with Gasteiger partial charge in [-0.05, 0) is 48.5 Å². The molecule has 0 aliphatic carbocycles. The Bertz CT molecular complexity index is 952. The van der Waals surface area contributed by atoms with Crippen molar-refractivity contribution in [2.24, 2.45) is 15.4 Å². The molecule has 0 radical (unpaired) electrons. The molecule has 0 aromatic heterocycles. The third-order valence-corrected chi connectivity index (χ3v) is 4.58. The zero-order valence-electron chi connectivity index (χ0n) is 14.5. The van der Waals surface area contributed by atoms with Crippen LogP contribution in [0.1, 0.15) is 12.8 Å². The number of hydrogen-bond acceptors (Lipinski definition) is 7. The standard InChI is InChI=1S/C18H18N6O2S/c19-11-1-13-24(14-2-12-20)17-7-3-15(4-8-17)22-23-16-5-9-18(10-6-16)27(21,25)26/h3-10H,1-2,13-14H2,(H2,21,25,26). The van der Waals surface area contributed by atoms with Gasteiger partial charge < -0.3 is 4.90 Å². The third kappa shape index (κ3) is 6.19. The first-order valence-electron chi connectivity index (χ1n) is 8.07. The Labute approximate surface area is 158 Å². The van der Waals surface area contributed by atoms with E-state index in [0.717, 1.165) is 5.69 Å². The third-order valence-electron chi connectivity index (χ3n) is 3.65. The van der Waals surface area contributed by atoms with Crippen molar-refractivity contribution in [2.75, 3.05) is 18.0 Å². The van der Waals surface area contributed by atoms with E-state index in [-0.39, 0.29) is 4.90 Å². The SMILES string of the molecule is N#CCCN(CCC#N)c1ccc(N=Nc2ccc(S(N)(=O)=O)cc2)cc1. The minimum Gasteiger partial charge on any atom is -0.369 e. The summed E-state index contributed by atoms with van der Waals surface area (Å²) < 4.78 is 22.5. The summed E-state index contributed by atoms with van der Waals surface area (Å²) in [4.78, 5) is 1.99. The molecule has 2 aromatic carbocycles. The Hall–Kier alpha value is -3.27. The molecule has 0 atom stereocenters. The summed E-state index contributed by atoms with van der Waals surface area (Å²) in [7, 11) is -3.73. The zero-order chi connectivity index (χ0) is 19.7. The van der Waals surface area contributed by atoms with Crippen LogP contribution in [-0.2, 0) is 10.0 Å². The average Bonchev–Trinajstić information content (AvgIpc) is 2.67. The van der Waals surface area contributed by atoms with E-state index in [0.29, 0.717) is 37.3 Å². The first-order chi connectivity index (χ1) is 12.9. The van der Waals surface area contributed by atoms with Crippen molar-refractivity contribution in [1.82, 2.24) is 0 Å². The first-order valence-corrected chi connectivity index (χ1v) is 9.62. The molecule has 0 fully saturated rings. The van der Waals surface area contributed by atoms with E-state index >= 15 is 0 Å². The van der Waals surface area contributed by atoms with Crippen LogP contribution in [0.2, 0.25) is 0 Å². The zero-order valence-corrected chi connectivity index (χ0v) is 15.3. The molecule has 0 saturated carbocycles. The fourth-order valence-electron chi connectivity index (χ4n) is 2.29. The highest BCUT2D eigenvalue weighted by molar-refractivity contribution is 7.89. The first kappa shape index (κ1) is 20.0. The molecule has 138 valence electrons. The Morgan fingerprint density at radius 3 is 1.70 bits per heavy atom. The summed E-state index contributed by atoms with van der Waals surface area (Å²) in [6.07, 6.45) is 0.753. The van der Waals surface area contributed by atoms with Gasteiger partial charge in [0.25, 0.3) is 0 Å². The lowest BCUT2D eigenvalue weighted by Gasteiger charge is -2.22. The molecule has 27 heavy (non-hydrogen) atoms. The fraction of sp³-hybridized carbons (Fsp3) is 0.222. The predicted octanol–water partition coefficient (Wildman–Crippen LogP) is 3.38. The number of primary sulfonamides is 1. The number of nitrogens with two attached hydrogens (primary N) is 1. The highest BCUT2D eigenvalue weighted by atomic mass is 32.2. The largest absolute Gasteiger partial charge is 0.369 e. The molecule has 9 heteroatoms. The number of benzene rings is 2. The maximum absolute atomic E-state index is 11.2. The summed E-state index contributed by atoms with van der Waals surface area (Å²) >= 11 is 0. The topological polar surface area (TPSA) is 136 Å². The van der Waals surface area contributed by atoms with Gasteiger partial charge in [0.2, 0.25) is 10.0 Å². The van der Waals surface area contributed by atoms with Gasteiger partial charge in [0.05, 0.1) is 41.3 Å².